The number of aliphatic hydroxyl groups excluding tert-OH is 1. The summed E-state index contributed by atoms with van der Waals surface area (Å²) in [7, 11) is 0. The van der Waals surface area contributed by atoms with Gasteiger partial charge in [-0.3, -0.25) is 9.59 Å². The molecular weight excluding hydrogens is 292 g/mol. The standard InChI is InChI=1S/C19H22O4/c1-18-6-5-14-12(13(18)2-3-17(18)23)9-16(22)15-8-11(21)4-7-19(14,15)10-20/h4,8,10,12-14,21H,2-3,5-7,9H2,1H3/t12-,13-,14-,18-,19-/m0/s1. The van der Waals surface area contributed by atoms with Gasteiger partial charge in [-0.25, -0.2) is 0 Å². The van der Waals surface area contributed by atoms with Gasteiger partial charge in [0.15, 0.2) is 5.78 Å². The Bertz CT molecular complexity index is 673. The molecule has 0 aromatic rings. The smallest absolute Gasteiger partial charge is 0.160 e. The second kappa shape index (κ2) is 4.65. The number of aldehydes is 1. The zero-order chi connectivity index (χ0) is 16.4. The lowest BCUT2D eigenvalue weighted by Gasteiger charge is -2.54. The predicted molar refractivity (Wildman–Crippen MR) is 83.6 cm³/mol. The summed E-state index contributed by atoms with van der Waals surface area (Å²) in [5.74, 6) is 0.829. The summed E-state index contributed by atoms with van der Waals surface area (Å²) < 4.78 is 0. The minimum atomic E-state index is -0.792. The van der Waals surface area contributed by atoms with E-state index >= 15 is 0 Å². The van der Waals surface area contributed by atoms with Crippen molar-refractivity contribution in [3.8, 4) is 0 Å². The van der Waals surface area contributed by atoms with Crippen LogP contribution in [0.5, 0.6) is 0 Å². The number of Topliss-reactive ketones (excluding diaryl/α,β-unsaturated/α-hetero) is 2. The van der Waals surface area contributed by atoms with E-state index in [1.807, 2.05) is 0 Å². The highest BCUT2D eigenvalue weighted by atomic mass is 16.3. The van der Waals surface area contributed by atoms with E-state index in [0.29, 0.717) is 30.6 Å². The molecule has 1 N–H and O–H groups in total. The van der Waals surface area contributed by atoms with Crippen LogP contribution in [-0.4, -0.2) is 23.0 Å². The molecule has 5 atom stereocenters. The van der Waals surface area contributed by atoms with Gasteiger partial charge in [0.25, 0.3) is 0 Å². The first kappa shape index (κ1) is 14.9. The minimum Gasteiger partial charge on any atom is -0.508 e. The van der Waals surface area contributed by atoms with Crippen molar-refractivity contribution in [3.63, 3.8) is 0 Å². The van der Waals surface area contributed by atoms with E-state index in [-0.39, 0.29) is 34.7 Å². The quantitative estimate of drug-likeness (QED) is 0.755. The van der Waals surface area contributed by atoms with Crippen LogP contribution >= 0.6 is 0 Å². The normalized spacial score (nSPS) is 45.5. The highest BCUT2D eigenvalue weighted by molar-refractivity contribution is 6.03. The number of allylic oxidation sites excluding steroid dienone is 3. The SMILES string of the molecule is C[C@]12CC[C@H]3[C@@H](CC(=O)C4=CC(O)=CC[C@@]43C=O)[C@@H]1CCC2=O. The lowest BCUT2D eigenvalue weighted by Crippen LogP contribution is -2.54. The molecule has 0 amide bonds. The van der Waals surface area contributed by atoms with Crippen molar-refractivity contribution < 1.29 is 19.5 Å². The van der Waals surface area contributed by atoms with Crippen LogP contribution in [-0.2, 0) is 14.4 Å². The summed E-state index contributed by atoms with van der Waals surface area (Å²) in [6.45, 7) is 2.05. The van der Waals surface area contributed by atoms with Gasteiger partial charge in [0.05, 0.1) is 5.41 Å². The maximum atomic E-state index is 12.7. The summed E-state index contributed by atoms with van der Waals surface area (Å²) in [5.41, 5.74) is -0.611. The second-order valence-electron chi connectivity index (χ2n) is 7.97. The van der Waals surface area contributed by atoms with Crippen LogP contribution in [0.1, 0.15) is 45.4 Å². The molecule has 3 fully saturated rings. The van der Waals surface area contributed by atoms with E-state index < -0.39 is 5.41 Å². The van der Waals surface area contributed by atoms with Crippen molar-refractivity contribution in [2.45, 2.75) is 45.4 Å². The largest absolute Gasteiger partial charge is 0.508 e. The summed E-state index contributed by atoms with van der Waals surface area (Å²) in [5, 5.41) is 9.77. The zero-order valence-electron chi connectivity index (χ0n) is 13.4. The molecule has 0 heterocycles. The minimum absolute atomic E-state index is 0.0263. The van der Waals surface area contributed by atoms with E-state index in [0.717, 1.165) is 25.5 Å². The topological polar surface area (TPSA) is 71.4 Å². The molecule has 0 saturated heterocycles. The fourth-order valence-corrected chi connectivity index (χ4v) is 5.92. The number of ketones is 2. The summed E-state index contributed by atoms with van der Waals surface area (Å²) >= 11 is 0. The lowest BCUT2D eigenvalue weighted by molar-refractivity contribution is -0.141. The third-order valence-electron chi connectivity index (χ3n) is 7.18. The van der Waals surface area contributed by atoms with Gasteiger partial charge < -0.3 is 9.90 Å². The average Bonchev–Trinajstić information content (AvgIpc) is 2.84. The van der Waals surface area contributed by atoms with Gasteiger partial charge >= 0.3 is 0 Å². The Balaban J connectivity index is 1.79. The van der Waals surface area contributed by atoms with Crippen LogP contribution in [0.4, 0.5) is 0 Å². The third kappa shape index (κ3) is 1.75. The Hall–Kier alpha value is -1.71. The van der Waals surface area contributed by atoms with Gasteiger partial charge in [0, 0.05) is 23.8 Å². The number of rotatable bonds is 1. The summed E-state index contributed by atoms with van der Waals surface area (Å²) in [6, 6.07) is 0. The fraction of sp³-hybridized carbons (Fsp3) is 0.632. The maximum absolute atomic E-state index is 12.7. The highest BCUT2D eigenvalue weighted by Crippen LogP contribution is 2.63. The van der Waals surface area contributed by atoms with Gasteiger partial charge in [-0.1, -0.05) is 6.92 Å². The first-order valence-electron chi connectivity index (χ1n) is 8.56. The molecule has 0 radical (unpaired) electrons. The molecule has 4 nitrogen and oxygen atoms in total. The molecule has 122 valence electrons. The Morgan fingerprint density at radius 3 is 2.78 bits per heavy atom. The molecule has 4 aliphatic rings. The van der Waals surface area contributed by atoms with Crippen molar-refractivity contribution in [2.24, 2.45) is 28.6 Å². The number of fused-ring (bicyclic) bond motifs is 5. The maximum Gasteiger partial charge on any atom is 0.160 e. The van der Waals surface area contributed by atoms with Crippen molar-refractivity contribution in [3.05, 3.63) is 23.5 Å². The van der Waals surface area contributed by atoms with Crippen LogP contribution in [0, 0.1) is 28.6 Å². The van der Waals surface area contributed by atoms with Crippen molar-refractivity contribution >= 4 is 17.9 Å². The van der Waals surface area contributed by atoms with Crippen LogP contribution in [0.15, 0.2) is 23.5 Å². The Morgan fingerprint density at radius 1 is 1.26 bits per heavy atom. The van der Waals surface area contributed by atoms with E-state index in [2.05, 4.69) is 6.92 Å². The first-order chi connectivity index (χ1) is 10.9. The molecule has 0 bridgehead atoms. The molecule has 0 aliphatic heterocycles. The molecule has 0 unspecified atom stereocenters. The Morgan fingerprint density at radius 2 is 2.04 bits per heavy atom. The number of carbonyl (C=O) groups excluding carboxylic acids is 3. The molecular formula is C19H22O4. The Kier molecular flexibility index (Phi) is 3.00. The van der Waals surface area contributed by atoms with Crippen LogP contribution in [0.3, 0.4) is 0 Å². The van der Waals surface area contributed by atoms with E-state index in [1.165, 1.54) is 6.08 Å². The van der Waals surface area contributed by atoms with Gasteiger partial charge in [0.1, 0.15) is 17.8 Å². The van der Waals surface area contributed by atoms with E-state index in [9.17, 15) is 19.5 Å². The van der Waals surface area contributed by atoms with Gasteiger partial charge in [-0.05, 0) is 55.6 Å². The van der Waals surface area contributed by atoms with E-state index in [1.54, 1.807) is 6.08 Å². The van der Waals surface area contributed by atoms with Gasteiger partial charge in [-0.15, -0.1) is 0 Å². The number of aliphatic hydroxyl groups is 1. The van der Waals surface area contributed by atoms with Crippen molar-refractivity contribution in [2.75, 3.05) is 0 Å². The molecule has 0 aromatic carbocycles. The van der Waals surface area contributed by atoms with Crippen molar-refractivity contribution in [1.29, 1.82) is 0 Å². The summed E-state index contributed by atoms with van der Waals surface area (Å²) in [4.78, 5) is 37.2. The van der Waals surface area contributed by atoms with Gasteiger partial charge in [0.2, 0.25) is 0 Å². The fourth-order valence-electron chi connectivity index (χ4n) is 5.92. The number of hydrogen-bond acceptors (Lipinski definition) is 4. The molecule has 3 saturated carbocycles. The molecule has 0 aromatic heterocycles. The monoisotopic (exact) mass is 314 g/mol. The van der Waals surface area contributed by atoms with E-state index in [4.69, 9.17) is 0 Å². The second-order valence-corrected chi connectivity index (χ2v) is 7.97. The van der Waals surface area contributed by atoms with Crippen molar-refractivity contribution in [1.82, 2.24) is 0 Å². The highest BCUT2D eigenvalue weighted by Gasteiger charge is 2.61. The molecule has 4 rings (SSSR count). The number of hydrogen-bond donors (Lipinski definition) is 1. The molecule has 4 heteroatoms. The molecule has 23 heavy (non-hydrogen) atoms. The van der Waals surface area contributed by atoms with Crippen LogP contribution in [0.2, 0.25) is 0 Å². The summed E-state index contributed by atoms with van der Waals surface area (Å²) in [6.07, 6.45) is 7.97. The lowest BCUT2D eigenvalue weighted by atomic mass is 9.47. The molecule has 4 aliphatic carbocycles. The third-order valence-corrected chi connectivity index (χ3v) is 7.18. The van der Waals surface area contributed by atoms with Crippen LogP contribution < -0.4 is 0 Å². The molecule has 0 spiro atoms. The first-order valence-corrected chi connectivity index (χ1v) is 8.56. The van der Waals surface area contributed by atoms with Crippen LogP contribution in [0.25, 0.3) is 0 Å². The Labute approximate surface area is 135 Å². The zero-order valence-corrected chi connectivity index (χ0v) is 13.4. The number of carbonyl (C=O) groups is 3. The van der Waals surface area contributed by atoms with Gasteiger partial charge in [-0.2, -0.15) is 0 Å². The average molecular weight is 314 g/mol. The predicted octanol–water partition coefficient (Wildman–Crippen LogP) is 2.93.